The van der Waals surface area contributed by atoms with E-state index in [2.05, 4.69) is 24.5 Å². The monoisotopic (exact) mass is 218 g/mol. The van der Waals surface area contributed by atoms with Crippen LogP contribution in [-0.2, 0) is 13.2 Å². The number of benzene rings is 1. The van der Waals surface area contributed by atoms with Crippen molar-refractivity contribution >= 4 is 10.9 Å². The van der Waals surface area contributed by atoms with Gasteiger partial charge in [-0.25, -0.2) is 0 Å². The summed E-state index contributed by atoms with van der Waals surface area (Å²) < 4.78 is 2.18. The number of aliphatic hydroxyl groups is 1. The van der Waals surface area contributed by atoms with Gasteiger partial charge in [0.25, 0.3) is 0 Å². The van der Waals surface area contributed by atoms with Crippen LogP contribution in [0.1, 0.15) is 31.0 Å². The van der Waals surface area contributed by atoms with Gasteiger partial charge in [-0.05, 0) is 25.5 Å². The Labute approximate surface area is 95.5 Å². The Morgan fingerprint density at radius 2 is 2.12 bits per heavy atom. The first kappa shape index (κ1) is 11.2. The maximum absolute atomic E-state index is 9.32. The van der Waals surface area contributed by atoms with Crippen molar-refractivity contribution in [2.45, 2.75) is 33.0 Å². The lowest BCUT2D eigenvalue weighted by molar-refractivity contribution is 0.283. The number of rotatable bonds is 3. The van der Waals surface area contributed by atoms with Crippen LogP contribution in [0, 0.1) is 0 Å². The molecule has 0 amide bonds. The molecule has 1 heterocycles. The smallest absolute Gasteiger partial charge is 0.0702 e. The van der Waals surface area contributed by atoms with E-state index in [4.69, 9.17) is 5.73 Å². The van der Waals surface area contributed by atoms with Gasteiger partial charge in [0.15, 0.2) is 0 Å². The number of aromatic nitrogens is 1. The molecule has 16 heavy (non-hydrogen) atoms. The Kier molecular flexibility index (Phi) is 2.99. The molecule has 1 aromatic heterocycles. The molecule has 2 aromatic rings. The normalized spacial score (nSPS) is 11.6. The van der Waals surface area contributed by atoms with Gasteiger partial charge in [0, 0.05) is 35.2 Å². The zero-order valence-electron chi connectivity index (χ0n) is 9.77. The van der Waals surface area contributed by atoms with Crippen molar-refractivity contribution < 1.29 is 5.11 Å². The molecule has 0 saturated carbocycles. The van der Waals surface area contributed by atoms with Crippen molar-refractivity contribution in [2.75, 3.05) is 0 Å². The highest BCUT2D eigenvalue weighted by atomic mass is 16.3. The molecule has 3 nitrogen and oxygen atoms in total. The van der Waals surface area contributed by atoms with Gasteiger partial charge >= 0.3 is 0 Å². The van der Waals surface area contributed by atoms with E-state index in [1.807, 2.05) is 18.3 Å². The number of aliphatic hydroxyl groups excluding tert-OH is 1. The molecule has 0 aliphatic rings. The fourth-order valence-electron chi connectivity index (χ4n) is 2.05. The Morgan fingerprint density at radius 3 is 2.69 bits per heavy atom. The highest BCUT2D eigenvalue weighted by Gasteiger charge is 2.10. The summed E-state index contributed by atoms with van der Waals surface area (Å²) >= 11 is 0. The Hall–Kier alpha value is -1.32. The van der Waals surface area contributed by atoms with Crippen LogP contribution in [-0.4, -0.2) is 9.67 Å². The molecule has 0 radical (unpaired) electrons. The summed E-state index contributed by atoms with van der Waals surface area (Å²) in [4.78, 5) is 0. The minimum absolute atomic E-state index is 0.0815. The lowest BCUT2D eigenvalue weighted by Gasteiger charge is -2.09. The Bertz CT molecular complexity index is 500. The summed E-state index contributed by atoms with van der Waals surface area (Å²) in [5, 5.41) is 10.4. The summed E-state index contributed by atoms with van der Waals surface area (Å²) in [6, 6.07) is 6.55. The van der Waals surface area contributed by atoms with Gasteiger partial charge in [-0.3, -0.25) is 0 Å². The number of hydrogen-bond donors (Lipinski definition) is 2. The maximum atomic E-state index is 9.32. The summed E-state index contributed by atoms with van der Waals surface area (Å²) in [5.41, 5.74) is 8.90. The minimum Gasteiger partial charge on any atom is -0.392 e. The average Bonchev–Trinajstić information content (AvgIpc) is 2.66. The average molecular weight is 218 g/mol. The van der Waals surface area contributed by atoms with Gasteiger partial charge in [-0.15, -0.1) is 0 Å². The standard InChI is InChI=1S/C13H18N2O/c1-9(2)15-7-11(8-16)12-4-3-10(6-14)5-13(12)15/h3-5,7,9,16H,6,8,14H2,1-2H3. The van der Waals surface area contributed by atoms with Crippen molar-refractivity contribution in [3.63, 3.8) is 0 Å². The van der Waals surface area contributed by atoms with Crippen molar-refractivity contribution in [2.24, 2.45) is 5.73 Å². The minimum atomic E-state index is 0.0815. The quantitative estimate of drug-likeness (QED) is 0.829. The van der Waals surface area contributed by atoms with Crippen LogP contribution in [0.5, 0.6) is 0 Å². The lowest BCUT2D eigenvalue weighted by atomic mass is 10.1. The lowest BCUT2D eigenvalue weighted by Crippen LogP contribution is -2.00. The molecule has 1 aromatic carbocycles. The molecule has 3 heteroatoms. The van der Waals surface area contributed by atoms with Crippen molar-refractivity contribution in [1.82, 2.24) is 4.57 Å². The van der Waals surface area contributed by atoms with Crippen LogP contribution in [0.15, 0.2) is 24.4 Å². The molecule has 0 spiro atoms. The van der Waals surface area contributed by atoms with Gasteiger partial charge in [0.05, 0.1) is 6.61 Å². The van der Waals surface area contributed by atoms with Crippen molar-refractivity contribution in [3.8, 4) is 0 Å². The fourth-order valence-corrected chi connectivity index (χ4v) is 2.05. The van der Waals surface area contributed by atoms with Gasteiger partial charge in [-0.2, -0.15) is 0 Å². The van der Waals surface area contributed by atoms with E-state index in [9.17, 15) is 5.11 Å². The van der Waals surface area contributed by atoms with Crippen molar-refractivity contribution in [1.29, 1.82) is 0 Å². The van der Waals surface area contributed by atoms with Crippen molar-refractivity contribution in [3.05, 3.63) is 35.5 Å². The van der Waals surface area contributed by atoms with E-state index < -0.39 is 0 Å². The zero-order valence-corrected chi connectivity index (χ0v) is 9.77. The molecule has 0 unspecified atom stereocenters. The second-order valence-corrected chi connectivity index (χ2v) is 4.37. The third-order valence-electron chi connectivity index (χ3n) is 2.94. The largest absolute Gasteiger partial charge is 0.392 e. The maximum Gasteiger partial charge on any atom is 0.0702 e. The SMILES string of the molecule is CC(C)n1cc(CO)c2ccc(CN)cc21. The summed E-state index contributed by atoms with van der Waals surface area (Å²) in [5.74, 6) is 0. The fraction of sp³-hybridized carbons (Fsp3) is 0.385. The molecule has 0 bridgehead atoms. The van der Waals surface area contributed by atoms with Crippen LogP contribution in [0.2, 0.25) is 0 Å². The third-order valence-corrected chi connectivity index (χ3v) is 2.94. The van der Waals surface area contributed by atoms with E-state index in [1.165, 1.54) is 0 Å². The highest BCUT2D eigenvalue weighted by Crippen LogP contribution is 2.25. The van der Waals surface area contributed by atoms with E-state index in [0.717, 1.165) is 22.0 Å². The highest BCUT2D eigenvalue weighted by molar-refractivity contribution is 5.84. The van der Waals surface area contributed by atoms with Gasteiger partial charge in [0.2, 0.25) is 0 Å². The number of nitrogens with two attached hydrogens (primary N) is 1. The van der Waals surface area contributed by atoms with Gasteiger partial charge < -0.3 is 15.4 Å². The predicted octanol–water partition coefficient (Wildman–Crippen LogP) is 2.17. The molecule has 3 N–H and O–H groups in total. The molecule has 86 valence electrons. The molecule has 0 fully saturated rings. The Morgan fingerprint density at radius 1 is 1.38 bits per heavy atom. The topological polar surface area (TPSA) is 51.2 Å². The molecule has 2 rings (SSSR count). The zero-order chi connectivity index (χ0) is 11.7. The number of fused-ring (bicyclic) bond motifs is 1. The molecule has 0 aliphatic heterocycles. The van der Waals surface area contributed by atoms with E-state index >= 15 is 0 Å². The summed E-state index contributed by atoms with van der Waals surface area (Å²) in [7, 11) is 0. The first-order valence-corrected chi connectivity index (χ1v) is 5.60. The van der Waals surface area contributed by atoms with Crippen LogP contribution < -0.4 is 5.73 Å². The first-order valence-electron chi connectivity index (χ1n) is 5.60. The Balaban J connectivity index is 2.70. The van der Waals surface area contributed by atoms with Gasteiger partial charge in [-0.1, -0.05) is 12.1 Å². The second kappa shape index (κ2) is 4.28. The van der Waals surface area contributed by atoms with Gasteiger partial charge in [0.1, 0.15) is 0 Å². The van der Waals surface area contributed by atoms with Crippen LogP contribution in [0.4, 0.5) is 0 Å². The molecular formula is C13H18N2O. The number of nitrogens with zero attached hydrogens (tertiary/aromatic N) is 1. The summed E-state index contributed by atoms with van der Waals surface area (Å²) in [6.45, 7) is 4.90. The predicted molar refractivity (Wildman–Crippen MR) is 66.1 cm³/mol. The van der Waals surface area contributed by atoms with E-state index in [0.29, 0.717) is 12.6 Å². The summed E-state index contributed by atoms with van der Waals surface area (Å²) in [6.07, 6.45) is 2.02. The third kappa shape index (κ3) is 1.72. The second-order valence-electron chi connectivity index (χ2n) is 4.37. The molecular weight excluding hydrogens is 200 g/mol. The number of hydrogen-bond acceptors (Lipinski definition) is 2. The van der Waals surface area contributed by atoms with E-state index in [1.54, 1.807) is 0 Å². The van der Waals surface area contributed by atoms with Crippen LogP contribution in [0.3, 0.4) is 0 Å². The molecule has 0 atom stereocenters. The molecule has 0 saturated heterocycles. The first-order chi connectivity index (χ1) is 7.67. The van der Waals surface area contributed by atoms with Crippen LogP contribution in [0.25, 0.3) is 10.9 Å². The molecule has 0 aliphatic carbocycles. The van der Waals surface area contributed by atoms with Crippen LogP contribution >= 0.6 is 0 Å². The van der Waals surface area contributed by atoms with E-state index in [-0.39, 0.29) is 6.61 Å².